The molecule has 2 heteroatoms. The van der Waals surface area contributed by atoms with E-state index in [4.69, 9.17) is 0 Å². The standard InChI is InChI=1S/C3H4BrI/c4-2-1-3-5/h1,3H,2H2/b3-1-. The Morgan fingerprint density at radius 1 is 1.80 bits per heavy atom. The Labute approximate surface area is 53.9 Å². The first-order valence-corrected chi connectivity index (χ1v) is 3.59. The molecule has 0 aliphatic rings. The molecule has 0 fully saturated rings. The molecule has 0 radical (unpaired) electrons. The molecule has 0 rings (SSSR count). The van der Waals surface area contributed by atoms with Crippen LogP contribution in [0.25, 0.3) is 0 Å². The van der Waals surface area contributed by atoms with Crippen molar-refractivity contribution in [3.8, 4) is 0 Å². The summed E-state index contributed by atoms with van der Waals surface area (Å²) >= 11 is 5.39. The molecule has 0 atom stereocenters. The van der Waals surface area contributed by atoms with Crippen molar-refractivity contribution in [1.82, 2.24) is 0 Å². The molecule has 5 heavy (non-hydrogen) atoms. The zero-order chi connectivity index (χ0) is 4.12. The molecular weight excluding hydrogens is 243 g/mol. The molecule has 0 saturated heterocycles. The maximum Gasteiger partial charge on any atom is 0.0219 e. The summed E-state index contributed by atoms with van der Waals surface area (Å²) < 4.78 is 1.98. The molecule has 0 aliphatic carbocycles. The van der Waals surface area contributed by atoms with Crippen LogP contribution in [0.2, 0.25) is 0 Å². The Kier molecular flexibility index (Phi) is 5.89. The zero-order valence-corrected chi connectivity index (χ0v) is 6.36. The summed E-state index contributed by atoms with van der Waals surface area (Å²) in [5.74, 6) is 0. The average Bonchev–Trinajstić information content (AvgIpc) is 1.41. The smallest absolute Gasteiger partial charge is 0.0219 e. The topological polar surface area (TPSA) is 0 Å². The SMILES string of the molecule is BrC/C=C\I. The van der Waals surface area contributed by atoms with Gasteiger partial charge in [0, 0.05) is 5.33 Å². The van der Waals surface area contributed by atoms with E-state index >= 15 is 0 Å². The first-order chi connectivity index (χ1) is 2.41. The Balaban J connectivity index is 2.62. The van der Waals surface area contributed by atoms with E-state index in [-0.39, 0.29) is 0 Å². The average molecular weight is 247 g/mol. The fourth-order valence-electron chi connectivity index (χ4n) is 0.0337. The van der Waals surface area contributed by atoms with Crippen LogP contribution in [0.15, 0.2) is 10.2 Å². The Hall–Kier alpha value is 0.950. The van der Waals surface area contributed by atoms with Crippen molar-refractivity contribution in [2.75, 3.05) is 5.33 Å². The summed E-state index contributed by atoms with van der Waals surface area (Å²) in [6.45, 7) is 0. The highest BCUT2D eigenvalue weighted by Gasteiger charge is 1.55. The number of allylic oxidation sites excluding steroid dienone is 1. The lowest BCUT2D eigenvalue weighted by Gasteiger charge is -1.61. The van der Waals surface area contributed by atoms with Crippen LogP contribution in [0.3, 0.4) is 0 Å². The second kappa shape index (κ2) is 4.95. The highest BCUT2D eigenvalue weighted by Crippen LogP contribution is 1.85. The molecule has 0 nitrogen and oxygen atoms in total. The van der Waals surface area contributed by atoms with Crippen molar-refractivity contribution >= 4 is 38.5 Å². The molecule has 0 bridgehead atoms. The molecular formula is C3H4BrI. The van der Waals surface area contributed by atoms with Crippen LogP contribution in [-0.2, 0) is 0 Å². The molecule has 0 heterocycles. The van der Waals surface area contributed by atoms with Gasteiger partial charge in [-0.1, -0.05) is 44.6 Å². The summed E-state index contributed by atoms with van der Waals surface area (Å²) in [6, 6.07) is 0. The van der Waals surface area contributed by atoms with Crippen LogP contribution in [0.4, 0.5) is 0 Å². The zero-order valence-electron chi connectivity index (χ0n) is 2.62. The fraction of sp³-hybridized carbons (Fsp3) is 0.333. The fourth-order valence-corrected chi connectivity index (χ4v) is 1.17. The van der Waals surface area contributed by atoms with Gasteiger partial charge in [-0.05, 0) is 4.08 Å². The van der Waals surface area contributed by atoms with E-state index in [1.165, 1.54) is 0 Å². The summed E-state index contributed by atoms with van der Waals surface area (Å²) in [6.07, 6.45) is 2.03. The van der Waals surface area contributed by atoms with E-state index in [0.29, 0.717) is 0 Å². The van der Waals surface area contributed by atoms with E-state index in [9.17, 15) is 0 Å². The quantitative estimate of drug-likeness (QED) is 0.492. The van der Waals surface area contributed by atoms with Gasteiger partial charge in [0.1, 0.15) is 0 Å². The Bertz CT molecular complexity index is 33.9. The van der Waals surface area contributed by atoms with E-state index in [1.54, 1.807) is 0 Å². The van der Waals surface area contributed by atoms with Crippen molar-refractivity contribution in [3.05, 3.63) is 10.2 Å². The molecule has 0 aromatic heterocycles. The lowest BCUT2D eigenvalue weighted by atomic mass is 10.8. The highest BCUT2D eigenvalue weighted by molar-refractivity contribution is 14.1. The first-order valence-electron chi connectivity index (χ1n) is 1.23. The van der Waals surface area contributed by atoms with E-state index in [2.05, 4.69) is 38.5 Å². The number of alkyl halides is 1. The van der Waals surface area contributed by atoms with Crippen LogP contribution in [-0.4, -0.2) is 5.33 Å². The molecule has 0 N–H and O–H groups in total. The minimum Gasteiger partial charge on any atom is -0.0883 e. The van der Waals surface area contributed by atoms with Crippen LogP contribution < -0.4 is 0 Å². The minimum atomic E-state index is 0.968. The predicted octanol–water partition coefficient (Wildman–Crippen LogP) is 2.33. The Morgan fingerprint density at radius 2 is 2.40 bits per heavy atom. The molecule has 0 aromatic carbocycles. The number of rotatable bonds is 1. The lowest BCUT2D eigenvalue weighted by molar-refractivity contribution is 1.86. The van der Waals surface area contributed by atoms with Gasteiger partial charge in [0.2, 0.25) is 0 Å². The Morgan fingerprint density at radius 3 is 2.40 bits per heavy atom. The van der Waals surface area contributed by atoms with Gasteiger partial charge in [0.05, 0.1) is 0 Å². The second-order valence-electron chi connectivity index (χ2n) is 0.516. The van der Waals surface area contributed by atoms with Gasteiger partial charge in [-0.2, -0.15) is 0 Å². The molecule has 0 aliphatic heterocycles. The van der Waals surface area contributed by atoms with Crippen LogP contribution in [0, 0.1) is 0 Å². The number of halogens is 2. The van der Waals surface area contributed by atoms with Gasteiger partial charge in [-0.3, -0.25) is 0 Å². The monoisotopic (exact) mass is 246 g/mol. The van der Waals surface area contributed by atoms with Gasteiger partial charge in [-0.15, -0.1) is 0 Å². The van der Waals surface area contributed by atoms with Gasteiger partial charge >= 0.3 is 0 Å². The summed E-state index contributed by atoms with van der Waals surface area (Å²) in [4.78, 5) is 0. The third-order valence-electron chi connectivity index (χ3n) is 0.178. The summed E-state index contributed by atoms with van der Waals surface area (Å²) in [5.41, 5.74) is 0. The third-order valence-corrected chi connectivity index (χ3v) is 1.06. The third kappa shape index (κ3) is 4.95. The maximum atomic E-state index is 3.22. The van der Waals surface area contributed by atoms with Crippen molar-refractivity contribution < 1.29 is 0 Å². The normalized spacial score (nSPS) is 10.0. The van der Waals surface area contributed by atoms with E-state index in [1.807, 2.05) is 10.2 Å². The summed E-state index contributed by atoms with van der Waals surface area (Å²) in [7, 11) is 0. The van der Waals surface area contributed by atoms with Crippen molar-refractivity contribution in [1.29, 1.82) is 0 Å². The van der Waals surface area contributed by atoms with E-state index in [0.717, 1.165) is 5.33 Å². The van der Waals surface area contributed by atoms with Crippen LogP contribution >= 0.6 is 38.5 Å². The van der Waals surface area contributed by atoms with Gasteiger partial charge in [-0.25, -0.2) is 0 Å². The first kappa shape index (κ1) is 5.95. The van der Waals surface area contributed by atoms with Crippen LogP contribution in [0.5, 0.6) is 0 Å². The molecule has 0 spiro atoms. The van der Waals surface area contributed by atoms with Crippen molar-refractivity contribution in [2.45, 2.75) is 0 Å². The number of hydrogen-bond donors (Lipinski definition) is 0. The predicted molar refractivity (Wildman–Crippen MR) is 37.0 cm³/mol. The van der Waals surface area contributed by atoms with Crippen molar-refractivity contribution in [2.24, 2.45) is 0 Å². The van der Waals surface area contributed by atoms with Gasteiger partial charge in [0.25, 0.3) is 0 Å². The molecule has 0 unspecified atom stereocenters. The highest BCUT2D eigenvalue weighted by atomic mass is 127. The second-order valence-corrected chi connectivity index (χ2v) is 1.88. The number of hydrogen-bond acceptors (Lipinski definition) is 0. The lowest BCUT2D eigenvalue weighted by Crippen LogP contribution is -1.47. The molecule has 30 valence electrons. The van der Waals surface area contributed by atoms with E-state index < -0.39 is 0 Å². The largest absolute Gasteiger partial charge is 0.0883 e. The maximum absolute atomic E-state index is 3.22. The molecule has 0 amide bonds. The molecule has 0 saturated carbocycles. The summed E-state index contributed by atoms with van der Waals surface area (Å²) in [5, 5.41) is 0.968. The molecule has 0 aromatic rings. The van der Waals surface area contributed by atoms with Crippen molar-refractivity contribution in [3.63, 3.8) is 0 Å². The van der Waals surface area contributed by atoms with Gasteiger partial charge < -0.3 is 0 Å². The minimum absolute atomic E-state index is 0.968. The van der Waals surface area contributed by atoms with Gasteiger partial charge in [0.15, 0.2) is 0 Å². The van der Waals surface area contributed by atoms with Crippen LogP contribution in [0.1, 0.15) is 0 Å².